The van der Waals surface area contributed by atoms with Gasteiger partial charge < -0.3 is 5.73 Å². The van der Waals surface area contributed by atoms with E-state index in [1.807, 2.05) is 6.92 Å². The molecule has 1 aliphatic rings. The molecule has 0 aromatic heterocycles. The van der Waals surface area contributed by atoms with Crippen molar-refractivity contribution >= 4 is 10.0 Å². The van der Waals surface area contributed by atoms with Crippen LogP contribution in [0.3, 0.4) is 0 Å². The monoisotopic (exact) mass is 206 g/mol. The third-order valence-corrected chi connectivity index (χ3v) is 4.53. The molecule has 0 aliphatic carbocycles. The summed E-state index contributed by atoms with van der Waals surface area (Å²) in [6.45, 7) is 2.98. The Bertz CT molecular complexity index is 251. The molecule has 0 radical (unpaired) electrons. The van der Waals surface area contributed by atoms with Crippen LogP contribution in [0.15, 0.2) is 0 Å². The number of sulfonamides is 1. The van der Waals surface area contributed by atoms with Crippen LogP contribution in [0.5, 0.6) is 0 Å². The highest BCUT2D eigenvalue weighted by atomic mass is 32.2. The zero-order chi connectivity index (χ0) is 9.90. The maximum Gasteiger partial charge on any atom is 0.214 e. The molecule has 0 spiro atoms. The molecule has 13 heavy (non-hydrogen) atoms. The third kappa shape index (κ3) is 2.42. The van der Waals surface area contributed by atoms with Crippen molar-refractivity contribution in [2.24, 2.45) is 5.73 Å². The molecule has 1 rings (SSSR count). The van der Waals surface area contributed by atoms with Crippen molar-refractivity contribution in [3.05, 3.63) is 0 Å². The molecule has 0 bridgehead atoms. The van der Waals surface area contributed by atoms with Crippen LogP contribution in [0.1, 0.15) is 26.2 Å². The summed E-state index contributed by atoms with van der Waals surface area (Å²) in [5, 5.41) is 0. The maximum atomic E-state index is 11.7. The van der Waals surface area contributed by atoms with Gasteiger partial charge in [0.2, 0.25) is 10.0 Å². The average molecular weight is 206 g/mol. The summed E-state index contributed by atoms with van der Waals surface area (Å²) in [6.07, 6.45) is 2.54. The van der Waals surface area contributed by atoms with Crippen LogP contribution in [-0.4, -0.2) is 37.6 Å². The SMILES string of the molecule is CCCS(=O)(=O)N1CCC[C@H]1CN. The molecule has 78 valence electrons. The summed E-state index contributed by atoms with van der Waals surface area (Å²) < 4.78 is 24.9. The summed E-state index contributed by atoms with van der Waals surface area (Å²) in [5.41, 5.74) is 5.51. The Hall–Kier alpha value is -0.130. The van der Waals surface area contributed by atoms with Crippen LogP contribution in [0.25, 0.3) is 0 Å². The molecular weight excluding hydrogens is 188 g/mol. The lowest BCUT2D eigenvalue weighted by atomic mass is 10.2. The molecule has 0 amide bonds. The lowest BCUT2D eigenvalue weighted by Gasteiger charge is -2.22. The highest BCUT2D eigenvalue weighted by molar-refractivity contribution is 7.89. The second kappa shape index (κ2) is 4.39. The number of nitrogens with two attached hydrogens (primary N) is 1. The Morgan fingerprint density at radius 3 is 2.77 bits per heavy atom. The summed E-state index contributed by atoms with van der Waals surface area (Å²) in [7, 11) is -3.02. The van der Waals surface area contributed by atoms with E-state index in [2.05, 4.69) is 0 Å². The fourth-order valence-corrected chi connectivity index (χ4v) is 3.59. The normalized spacial score (nSPS) is 25.2. The van der Waals surface area contributed by atoms with E-state index in [0.29, 0.717) is 19.5 Å². The molecule has 0 aromatic rings. The van der Waals surface area contributed by atoms with E-state index in [9.17, 15) is 8.42 Å². The summed E-state index contributed by atoms with van der Waals surface area (Å²) >= 11 is 0. The molecule has 2 N–H and O–H groups in total. The molecule has 1 aliphatic heterocycles. The Kier molecular flexibility index (Phi) is 3.70. The average Bonchev–Trinajstić information content (AvgIpc) is 2.51. The van der Waals surface area contributed by atoms with Gasteiger partial charge in [0.15, 0.2) is 0 Å². The molecule has 1 saturated heterocycles. The van der Waals surface area contributed by atoms with E-state index in [1.54, 1.807) is 4.31 Å². The first kappa shape index (κ1) is 10.9. The van der Waals surface area contributed by atoms with Crippen molar-refractivity contribution < 1.29 is 8.42 Å². The van der Waals surface area contributed by atoms with Crippen LogP contribution < -0.4 is 5.73 Å². The zero-order valence-electron chi connectivity index (χ0n) is 8.07. The molecule has 4 nitrogen and oxygen atoms in total. The van der Waals surface area contributed by atoms with E-state index in [4.69, 9.17) is 5.73 Å². The number of nitrogens with zero attached hydrogens (tertiary/aromatic N) is 1. The fourth-order valence-electron chi connectivity index (χ4n) is 1.79. The largest absolute Gasteiger partial charge is 0.329 e. The van der Waals surface area contributed by atoms with Gasteiger partial charge in [-0.3, -0.25) is 0 Å². The molecule has 0 saturated carbocycles. The Morgan fingerprint density at radius 1 is 1.54 bits per heavy atom. The quantitative estimate of drug-likeness (QED) is 0.712. The van der Waals surface area contributed by atoms with Gasteiger partial charge in [-0.25, -0.2) is 8.42 Å². The molecule has 1 heterocycles. The molecule has 5 heteroatoms. The molecular formula is C8H18N2O2S. The van der Waals surface area contributed by atoms with Gasteiger partial charge in [0.1, 0.15) is 0 Å². The van der Waals surface area contributed by atoms with Crippen molar-refractivity contribution in [1.29, 1.82) is 0 Å². The smallest absolute Gasteiger partial charge is 0.214 e. The van der Waals surface area contributed by atoms with E-state index in [-0.39, 0.29) is 11.8 Å². The number of hydrogen-bond acceptors (Lipinski definition) is 3. The third-order valence-electron chi connectivity index (χ3n) is 2.41. The van der Waals surface area contributed by atoms with Crippen molar-refractivity contribution in [3.8, 4) is 0 Å². The molecule has 0 unspecified atom stereocenters. The first-order valence-electron chi connectivity index (χ1n) is 4.81. The van der Waals surface area contributed by atoms with E-state index in [0.717, 1.165) is 12.8 Å². The zero-order valence-corrected chi connectivity index (χ0v) is 8.89. The molecule has 1 atom stereocenters. The minimum Gasteiger partial charge on any atom is -0.329 e. The van der Waals surface area contributed by atoms with Crippen molar-refractivity contribution in [3.63, 3.8) is 0 Å². The number of rotatable bonds is 4. The minimum absolute atomic E-state index is 0.0524. The van der Waals surface area contributed by atoms with Gasteiger partial charge in [-0.15, -0.1) is 0 Å². The Labute approximate surface area is 80.1 Å². The number of hydrogen-bond donors (Lipinski definition) is 1. The Morgan fingerprint density at radius 2 is 2.23 bits per heavy atom. The van der Waals surface area contributed by atoms with Gasteiger partial charge in [0, 0.05) is 19.1 Å². The topological polar surface area (TPSA) is 63.4 Å². The van der Waals surface area contributed by atoms with Gasteiger partial charge in [0.05, 0.1) is 5.75 Å². The van der Waals surface area contributed by atoms with Crippen LogP contribution in [-0.2, 0) is 10.0 Å². The van der Waals surface area contributed by atoms with Gasteiger partial charge in [-0.05, 0) is 19.3 Å². The van der Waals surface area contributed by atoms with Crippen molar-refractivity contribution in [2.75, 3.05) is 18.8 Å². The fraction of sp³-hybridized carbons (Fsp3) is 1.00. The highest BCUT2D eigenvalue weighted by Crippen LogP contribution is 2.20. The Balaban J connectivity index is 2.69. The summed E-state index contributed by atoms with van der Waals surface area (Å²) in [4.78, 5) is 0. The highest BCUT2D eigenvalue weighted by Gasteiger charge is 2.32. The van der Waals surface area contributed by atoms with Gasteiger partial charge in [-0.1, -0.05) is 6.92 Å². The maximum absolute atomic E-state index is 11.7. The second-order valence-electron chi connectivity index (χ2n) is 3.46. The second-order valence-corrected chi connectivity index (χ2v) is 5.50. The predicted octanol–water partition coefficient (Wildman–Crippen LogP) is 0.149. The van der Waals surface area contributed by atoms with E-state index < -0.39 is 10.0 Å². The van der Waals surface area contributed by atoms with E-state index in [1.165, 1.54) is 0 Å². The van der Waals surface area contributed by atoms with Crippen LogP contribution >= 0.6 is 0 Å². The van der Waals surface area contributed by atoms with E-state index >= 15 is 0 Å². The summed E-state index contributed by atoms with van der Waals surface area (Å²) in [6, 6.07) is 0.0524. The lowest BCUT2D eigenvalue weighted by Crippen LogP contribution is -2.40. The van der Waals surface area contributed by atoms with Crippen LogP contribution in [0.4, 0.5) is 0 Å². The van der Waals surface area contributed by atoms with Crippen LogP contribution in [0.2, 0.25) is 0 Å². The van der Waals surface area contributed by atoms with Crippen molar-refractivity contribution in [2.45, 2.75) is 32.2 Å². The first-order chi connectivity index (χ1) is 6.11. The summed E-state index contributed by atoms with van der Waals surface area (Å²) in [5.74, 6) is 0.253. The van der Waals surface area contributed by atoms with Gasteiger partial charge in [-0.2, -0.15) is 4.31 Å². The molecule has 1 fully saturated rings. The lowest BCUT2D eigenvalue weighted by molar-refractivity contribution is 0.393. The first-order valence-corrected chi connectivity index (χ1v) is 6.42. The standard InChI is InChI=1S/C8H18N2O2S/c1-2-6-13(11,12)10-5-3-4-8(10)7-9/h8H,2-7,9H2,1H3/t8-/m0/s1. The van der Waals surface area contributed by atoms with Crippen molar-refractivity contribution in [1.82, 2.24) is 4.31 Å². The van der Waals surface area contributed by atoms with Gasteiger partial charge in [0.25, 0.3) is 0 Å². The van der Waals surface area contributed by atoms with Gasteiger partial charge >= 0.3 is 0 Å². The van der Waals surface area contributed by atoms with Crippen LogP contribution in [0, 0.1) is 0 Å². The predicted molar refractivity (Wildman–Crippen MR) is 52.9 cm³/mol. The minimum atomic E-state index is -3.02. The molecule has 0 aromatic carbocycles.